The Hall–Kier alpha value is -3.06. The Morgan fingerprint density at radius 3 is 2.23 bits per heavy atom. The Bertz CT molecular complexity index is 803. The topological polar surface area (TPSA) is 73.9 Å². The van der Waals surface area contributed by atoms with Crippen LogP contribution in [0.25, 0.3) is 0 Å². The summed E-state index contributed by atoms with van der Waals surface area (Å²) in [6.45, 7) is 6.32. The fraction of sp³-hybridized carbons (Fsp3) is 0.391. The monoisotopic (exact) mass is 410 g/mol. The summed E-state index contributed by atoms with van der Waals surface area (Å²) in [5.74, 6) is 0.0313. The molecule has 2 aromatic carbocycles. The Kier molecular flexibility index (Phi) is 8.09. The van der Waals surface area contributed by atoms with E-state index in [2.05, 4.69) is 39.7 Å². The van der Waals surface area contributed by atoms with Gasteiger partial charge in [0, 0.05) is 44.8 Å². The van der Waals surface area contributed by atoms with Crippen molar-refractivity contribution in [2.24, 2.45) is 0 Å². The number of hydrogen-bond donors (Lipinski definition) is 2. The van der Waals surface area contributed by atoms with E-state index in [0.717, 1.165) is 32.6 Å². The first-order chi connectivity index (χ1) is 14.6. The predicted octanol–water partition coefficient (Wildman–Crippen LogP) is 1.99. The number of carbonyl (C=O) groups is 2. The van der Waals surface area contributed by atoms with Crippen molar-refractivity contribution in [3.63, 3.8) is 0 Å². The highest BCUT2D eigenvalue weighted by Crippen LogP contribution is 2.15. The van der Waals surface area contributed by atoms with E-state index in [0.29, 0.717) is 18.7 Å². The second kappa shape index (κ2) is 11.2. The number of rotatable bonds is 8. The van der Waals surface area contributed by atoms with E-state index in [1.165, 1.54) is 11.3 Å². The predicted molar refractivity (Wildman–Crippen MR) is 117 cm³/mol. The molecule has 7 nitrogen and oxygen atoms in total. The van der Waals surface area contributed by atoms with Gasteiger partial charge < -0.3 is 9.64 Å². The van der Waals surface area contributed by atoms with Crippen molar-refractivity contribution in [1.82, 2.24) is 15.8 Å². The molecule has 1 fully saturated rings. The van der Waals surface area contributed by atoms with Crippen molar-refractivity contribution in [3.05, 3.63) is 60.2 Å². The molecular weight excluding hydrogens is 380 g/mol. The van der Waals surface area contributed by atoms with Crippen LogP contribution in [0.1, 0.15) is 18.9 Å². The van der Waals surface area contributed by atoms with E-state index in [1.54, 1.807) is 0 Å². The Morgan fingerprint density at radius 1 is 0.900 bits per heavy atom. The van der Waals surface area contributed by atoms with Crippen LogP contribution in [0.3, 0.4) is 0 Å². The fourth-order valence-electron chi connectivity index (χ4n) is 3.34. The highest BCUT2D eigenvalue weighted by Gasteiger charge is 2.17. The molecule has 0 saturated carbocycles. The smallest absolute Gasteiger partial charge is 0.276 e. The van der Waals surface area contributed by atoms with Crippen LogP contribution in [-0.2, 0) is 16.0 Å². The first-order valence-corrected chi connectivity index (χ1v) is 10.5. The van der Waals surface area contributed by atoms with E-state index in [9.17, 15) is 9.59 Å². The number of benzene rings is 2. The van der Waals surface area contributed by atoms with Gasteiger partial charge in [0.2, 0.25) is 5.91 Å². The molecule has 0 atom stereocenters. The SMILES string of the molecule is CCc1ccc(OCC(=O)NNC(=O)CCN2CCN(c3ccccc3)CC2)cc1. The number of ether oxygens (including phenoxy) is 1. The van der Waals surface area contributed by atoms with Crippen LogP contribution in [0.4, 0.5) is 5.69 Å². The number of hydrogen-bond acceptors (Lipinski definition) is 5. The minimum atomic E-state index is -0.389. The van der Waals surface area contributed by atoms with Crippen LogP contribution < -0.4 is 20.5 Å². The molecule has 0 radical (unpaired) electrons. The maximum Gasteiger partial charge on any atom is 0.276 e. The average molecular weight is 411 g/mol. The summed E-state index contributed by atoms with van der Waals surface area (Å²) in [5, 5.41) is 0. The largest absolute Gasteiger partial charge is 0.484 e. The van der Waals surface area contributed by atoms with Gasteiger partial charge in [-0.1, -0.05) is 37.3 Å². The minimum Gasteiger partial charge on any atom is -0.484 e. The highest BCUT2D eigenvalue weighted by atomic mass is 16.5. The van der Waals surface area contributed by atoms with Gasteiger partial charge in [0.05, 0.1) is 0 Å². The number of hydrazine groups is 1. The molecule has 0 aliphatic carbocycles. The number of carbonyl (C=O) groups excluding carboxylic acids is 2. The summed E-state index contributed by atoms with van der Waals surface area (Å²) in [6.07, 6.45) is 1.29. The number of anilines is 1. The zero-order chi connectivity index (χ0) is 21.2. The molecule has 2 aromatic rings. The molecule has 30 heavy (non-hydrogen) atoms. The first-order valence-electron chi connectivity index (χ1n) is 10.5. The summed E-state index contributed by atoms with van der Waals surface area (Å²) in [7, 11) is 0. The molecule has 2 amide bonds. The zero-order valence-corrected chi connectivity index (χ0v) is 17.5. The van der Waals surface area contributed by atoms with E-state index in [4.69, 9.17) is 4.74 Å². The summed E-state index contributed by atoms with van der Waals surface area (Å²) in [4.78, 5) is 28.5. The second-order valence-corrected chi connectivity index (χ2v) is 7.30. The number of nitrogens with one attached hydrogen (secondary N) is 2. The first kappa shape index (κ1) is 21.6. The van der Waals surface area contributed by atoms with Crippen LogP contribution in [0.5, 0.6) is 5.75 Å². The fourth-order valence-corrected chi connectivity index (χ4v) is 3.34. The molecule has 160 valence electrons. The van der Waals surface area contributed by atoms with Crippen LogP contribution >= 0.6 is 0 Å². The molecule has 1 saturated heterocycles. The van der Waals surface area contributed by atoms with E-state index in [1.807, 2.05) is 42.5 Å². The van der Waals surface area contributed by atoms with Crippen molar-refractivity contribution < 1.29 is 14.3 Å². The van der Waals surface area contributed by atoms with E-state index < -0.39 is 0 Å². The van der Waals surface area contributed by atoms with Gasteiger partial charge in [-0.05, 0) is 36.2 Å². The van der Waals surface area contributed by atoms with Gasteiger partial charge in [-0.15, -0.1) is 0 Å². The van der Waals surface area contributed by atoms with Gasteiger partial charge in [0.1, 0.15) is 5.75 Å². The van der Waals surface area contributed by atoms with Gasteiger partial charge in [-0.25, -0.2) is 0 Å². The van der Waals surface area contributed by atoms with Crippen LogP contribution in [0, 0.1) is 0 Å². The Labute approximate surface area is 178 Å². The molecule has 0 unspecified atom stereocenters. The Balaban J connectivity index is 1.28. The van der Waals surface area contributed by atoms with Crippen molar-refractivity contribution in [2.45, 2.75) is 19.8 Å². The number of aryl methyl sites for hydroxylation is 1. The summed E-state index contributed by atoms with van der Waals surface area (Å²) in [5.41, 5.74) is 7.30. The molecule has 0 bridgehead atoms. The van der Waals surface area contributed by atoms with Crippen LogP contribution in [-0.4, -0.2) is 56.0 Å². The summed E-state index contributed by atoms with van der Waals surface area (Å²) < 4.78 is 5.43. The molecule has 7 heteroatoms. The summed E-state index contributed by atoms with van der Waals surface area (Å²) in [6, 6.07) is 18.0. The van der Waals surface area contributed by atoms with Crippen LogP contribution in [0.15, 0.2) is 54.6 Å². The lowest BCUT2D eigenvalue weighted by Crippen LogP contribution is -2.48. The molecule has 3 rings (SSSR count). The normalized spacial score (nSPS) is 14.2. The number of amides is 2. The quantitative estimate of drug-likeness (QED) is 0.651. The lowest BCUT2D eigenvalue weighted by atomic mass is 10.2. The minimum absolute atomic E-state index is 0.146. The third-order valence-electron chi connectivity index (χ3n) is 5.19. The number of piperazine rings is 1. The lowest BCUT2D eigenvalue weighted by molar-refractivity contribution is -0.130. The third kappa shape index (κ3) is 6.77. The summed E-state index contributed by atoms with van der Waals surface area (Å²) >= 11 is 0. The maximum absolute atomic E-state index is 12.0. The van der Waals surface area contributed by atoms with E-state index >= 15 is 0 Å². The van der Waals surface area contributed by atoms with Gasteiger partial charge >= 0.3 is 0 Å². The highest BCUT2D eigenvalue weighted by molar-refractivity contribution is 5.82. The van der Waals surface area contributed by atoms with Gasteiger partial charge in [0.15, 0.2) is 6.61 Å². The molecule has 1 heterocycles. The van der Waals surface area contributed by atoms with E-state index in [-0.39, 0.29) is 18.4 Å². The molecular formula is C23H30N4O3. The Morgan fingerprint density at radius 2 is 1.57 bits per heavy atom. The molecule has 1 aliphatic rings. The number of para-hydroxylation sites is 1. The zero-order valence-electron chi connectivity index (χ0n) is 17.5. The van der Waals surface area contributed by atoms with Gasteiger partial charge in [-0.3, -0.25) is 25.3 Å². The van der Waals surface area contributed by atoms with Crippen molar-refractivity contribution >= 4 is 17.5 Å². The molecule has 0 aromatic heterocycles. The standard InChI is InChI=1S/C23H30N4O3/c1-2-19-8-10-21(11-9-19)30-18-23(29)25-24-22(28)12-13-26-14-16-27(17-15-26)20-6-4-3-5-7-20/h3-11H,2,12-18H2,1H3,(H,24,28)(H,25,29). The average Bonchev–Trinajstić information content (AvgIpc) is 2.81. The van der Waals surface area contributed by atoms with Crippen molar-refractivity contribution in [2.75, 3.05) is 44.2 Å². The lowest BCUT2D eigenvalue weighted by Gasteiger charge is -2.36. The van der Waals surface area contributed by atoms with Crippen LogP contribution in [0.2, 0.25) is 0 Å². The van der Waals surface area contributed by atoms with Gasteiger partial charge in [0.25, 0.3) is 5.91 Å². The third-order valence-corrected chi connectivity index (χ3v) is 5.19. The molecule has 2 N–H and O–H groups in total. The molecule has 0 spiro atoms. The molecule has 1 aliphatic heterocycles. The van der Waals surface area contributed by atoms with Crippen molar-refractivity contribution in [1.29, 1.82) is 0 Å². The maximum atomic E-state index is 12.0. The number of nitrogens with zero attached hydrogens (tertiary/aromatic N) is 2. The second-order valence-electron chi connectivity index (χ2n) is 7.30. The van der Waals surface area contributed by atoms with Crippen molar-refractivity contribution in [3.8, 4) is 5.75 Å². The van der Waals surface area contributed by atoms with Gasteiger partial charge in [-0.2, -0.15) is 0 Å².